The molecule has 1 unspecified atom stereocenters. The maximum absolute atomic E-state index is 12.3. The molecule has 1 amide bonds. The normalized spacial score (nSPS) is 18.1. The molecule has 2 aromatic rings. The molecule has 144 valence electrons. The number of nitrogens with two attached hydrogens (primary N) is 1. The number of carbonyl (C=O) groups excluding carboxylic acids is 1. The van der Waals surface area contributed by atoms with Crippen LogP contribution in [0.4, 0.5) is 0 Å². The smallest absolute Gasteiger partial charge is 0.355 e. The highest BCUT2D eigenvalue weighted by atomic mass is 32.2. The number of aromatic carboxylic acids is 1. The monoisotopic (exact) mass is 405 g/mol. The Kier molecular flexibility index (Phi) is 6.18. The fourth-order valence-corrected chi connectivity index (χ4v) is 5.08. The molecule has 0 saturated carbocycles. The predicted octanol–water partition coefficient (Wildman–Crippen LogP) is 3.24. The van der Waals surface area contributed by atoms with Crippen molar-refractivity contribution in [3.63, 3.8) is 0 Å². The minimum atomic E-state index is -1.02. The summed E-state index contributed by atoms with van der Waals surface area (Å²) in [6.45, 7) is 4.72. The van der Waals surface area contributed by atoms with E-state index in [2.05, 4.69) is 31.0 Å². The van der Waals surface area contributed by atoms with Crippen molar-refractivity contribution >= 4 is 35.0 Å². The van der Waals surface area contributed by atoms with Crippen LogP contribution in [0.3, 0.4) is 0 Å². The molecule has 0 spiro atoms. The zero-order valence-electron chi connectivity index (χ0n) is 15.3. The molecule has 1 aliphatic rings. The first kappa shape index (κ1) is 19.9. The van der Waals surface area contributed by atoms with Gasteiger partial charge in [0.25, 0.3) is 0 Å². The van der Waals surface area contributed by atoms with Crippen molar-refractivity contribution in [1.29, 1.82) is 0 Å². The zero-order valence-corrected chi connectivity index (χ0v) is 17.0. The largest absolute Gasteiger partial charge is 0.476 e. The average molecular weight is 406 g/mol. The van der Waals surface area contributed by atoms with Crippen LogP contribution in [0.15, 0.2) is 27.9 Å². The Morgan fingerprint density at radius 2 is 2.22 bits per heavy atom. The van der Waals surface area contributed by atoms with E-state index in [0.29, 0.717) is 23.1 Å². The summed E-state index contributed by atoms with van der Waals surface area (Å²) in [4.78, 5) is 29.2. The maximum atomic E-state index is 12.3. The van der Waals surface area contributed by atoms with Gasteiger partial charge in [0, 0.05) is 24.1 Å². The molecule has 2 heterocycles. The first-order valence-electron chi connectivity index (χ1n) is 8.80. The van der Waals surface area contributed by atoms with Crippen LogP contribution in [-0.4, -0.2) is 45.2 Å². The van der Waals surface area contributed by atoms with Gasteiger partial charge < -0.3 is 15.7 Å². The summed E-state index contributed by atoms with van der Waals surface area (Å²) >= 11 is 2.78. The highest BCUT2D eigenvalue weighted by Crippen LogP contribution is 2.30. The lowest BCUT2D eigenvalue weighted by molar-refractivity contribution is -0.128. The van der Waals surface area contributed by atoms with Crippen LogP contribution in [0.2, 0.25) is 0 Å². The Morgan fingerprint density at radius 1 is 1.44 bits per heavy atom. The fourth-order valence-electron chi connectivity index (χ4n) is 3.27. The molecular formula is C19H23N3O3S2. The van der Waals surface area contributed by atoms with E-state index in [1.807, 2.05) is 11.0 Å². The minimum Gasteiger partial charge on any atom is -0.476 e. The summed E-state index contributed by atoms with van der Waals surface area (Å²) in [5.74, 6) is -0.230. The molecule has 0 bridgehead atoms. The van der Waals surface area contributed by atoms with Crippen LogP contribution >= 0.6 is 23.1 Å². The molecule has 8 heteroatoms. The van der Waals surface area contributed by atoms with Gasteiger partial charge in [-0.3, -0.25) is 4.79 Å². The lowest BCUT2D eigenvalue weighted by atomic mass is 9.95. The van der Waals surface area contributed by atoms with Crippen LogP contribution in [0.25, 0.3) is 0 Å². The molecule has 2 atom stereocenters. The van der Waals surface area contributed by atoms with Crippen molar-refractivity contribution in [3.8, 4) is 0 Å². The number of carboxylic acids is 1. The van der Waals surface area contributed by atoms with Gasteiger partial charge in [-0.1, -0.05) is 30.0 Å². The number of benzene rings is 1. The van der Waals surface area contributed by atoms with Crippen LogP contribution in [0.5, 0.6) is 0 Å². The molecule has 3 rings (SSSR count). The molecule has 0 radical (unpaired) electrons. The number of amides is 1. The third kappa shape index (κ3) is 4.51. The van der Waals surface area contributed by atoms with E-state index < -0.39 is 5.97 Å². The van der Waals surface area contributed by atoms with Gasteiger partial charge in [0.2, 0.25) is 5.91 Å². The summed E-state index contributed by atoms with van der Waals surface area (Å²) in [7, 11) is 0. The topological polar surface area (TPSA) is 96.5 Å². The average Bonchev–Trinajstić information content (AvgIpc) is 3.24. The molecule has 3 N–H and O–H groups in total. The third-order valence-corrected chi connectivity index (χ3v) is 6.97. The van der Waals surface area contributed by atoms with Gasteiger partial charge in [0.1, 0.15) is 0 Å². The van der Waals surface area contributed by atoms with Crippen molar-refractivity contribution in [2.75, 3.05) is 12.3 Å². The van der Waals surface area contributed by atoms with Crippen LogP contribution in [0.1, 0.15) is 46.1 Å². The van der Waals surface area contributed by atoms with E-state index in [1.54, 1.807) is 0 Å². The Bertz CT molecular complexity index is 852. The molecule has 0 aliphatic carbocycles. The van der Waals surface area contributed by atoms with Gasteiger partial charge in [0.15, 0.2) is 10.0 Å². The lowest BCUT2D eigenvalue weighted by Gasteiger charge is -2.30. The highest BCUT2D eigenvalue weighted by Gasteiger charge is 2.35. The van der Waals surface area contributed by atoms with Crippen molar-refractivity contribution in [1.82, 2.24) is 9.88 Å². The standard InChI is InChI=1S/C19H23N3O3S2/c1-11-3-4-13(9-12(11)2)17(20)15-5-6-16(23)22(15)7-8-26-19-21-14(10-27-19)18(24)25/h3-4,9-10,15,17H,5-8,20H2,1-2H3,(H,24,25)/t15-,17?/m1/s1. The van der Waals surface area contributed by atoms with Crippen molar-refractivity contribution in [3.05, 3.63) is 46.0 Å². The maximum Gasteiger partial charge on any atom is 0.355 e. The molecule has 1 aromatic heterocycles. The molecular weight excluding hydrogens is 382 g/mol. The summed E-state index contributed by atoms with van der Waals surface area (Å²) in [6.07, 6.45) is 1.28. The van der Waals surface area contributed by atoms with Gasteiger partial charge >= 0.3 is 5.97 Å². The number of hydrogen-bond donors (Lipinski definition) is 2. The second kappa shape index (κ2) is 8.41. The van der Waals surface area contributed by atoms with Crippen LogP contribution in [-0.2, 0) is 4.79 Å². The number of carbonyl (C=O) groups is 2. The lowest BCUT2D eigenvalue weighted by Crippen LogP contribution is -2.41. The Balaban J connectivity index is 1.63. The number of aryl methyl sites for hydroxylation is 2. The molecule has 27 heavy (non-hydrogen) atoms. The zero-order chi connectivity index (χ0) is 19.6. The van der Waals surface area contributed by atoms with Crippen molar-refractivity contribution < 1.29 is 14.7 Å². The summed E-state index contributed by atoms with van der Waals surface area (Å²) < 4.78 is 0.703. The molecule has 1 saturated heterocycles. The number of thioether (sulfide) groups is 1. The van der Waals surface area contributed by atoms with Gasteiger partial charge in [-0.25, -0.2) is 9.78 Å². The number of thiazole rings is 1. The van der Waals surface area contributed by atoms with Gasteiger partial charge in [-0.05, 0) is 37.0 Å². The van der Waals surface area contributed by atoms with E-state index in [1.165, 1.54) is 39.6 Å². The number of carboxylic acid groups (broad SMARTS) is 1. The third-order valence-electron chi connectivity index (χ3n) is 4.97. The highest BCUT2D eigenvalue weighted by molar-refractivity contribution is 8.01. The van der Waals surface area contributed by atoms with Gasteiger partial charge in [-0.15, -0.1) is 11.3 Å². The summed E-state index contributed by atoms with van der Waals surface area (Å²) in [6, 6.07) is 6.01. The van der Waals surface area contributed by atoms with E-state index in [0.717, 1.165) is 12.0 Å². The number of likely N-dealkylation sites (tertiary alicyclic amines) is 1. The number of aromatic nitrogens is 1. The Morgan fingerprint density at radius 3 is 2.89 bits per heavy atom. The Hall–Kier alpha value is -1.90. The molecule has 6 nitrogen and oxygen atoms in total. The van der Waals surface area contributed by atoms with Crippen molar-refractivity contribution in [2.45, 2.75) is 43.1 Å². The van der Waals surface area contributed by atoms with E-state index in [-0.39, 0.29) is 23.7 Å². The first-order valence-corrected chi connectivity index (χ1v) is 10.7. The van der Waals surface area contributed by atoms with Crippen LogP contribution < -0.4 is 5.73 Å². The summed E-state index contributed by atoms with van der Waals surface area (Å²) in [5.41, 5.74) is 10.1. The molecule has 1 aliphatic heterocycles. The van der Waals surface area contributed by atoms with E-state index in [9.17, 15) is 9.59 Å². The SMILES string of the molecule is Cc1ccc(C(N)[C@H]2CCC(=O)N2CCSc2nc(C(=O)O)cs2)cc1C. The quantitative estimate of drug-likeness (QED) is 0.687. The second-order valence-electron chi connectivity index (χ2n) is 6.71. The van der Waals surface area contributed by atoms with Gasteiger partial charge in [-0.2, -0.15) is 0 Å². The number of nitrogens with zero attached hydrogens (tertiary/aromatic N) is 2. The number of hydrogen-bond acceptors (Lipinski definition) is 6. The predicted molar refractivity (Wildman–Crippen MR) is 107 cm³/mol. The Labute approximate surface area is 166 Å². The molecule has 1 fully saturated rings. The fraction of sp³-hybridized carbons (Fsp3) is 0.421. The number of rotatable bonds is 7. The van der Waals surface area contributed by atoms with Crippen molar-refractivity contribution in [2.24, 2.45) is 5.73 Å². The van der Waals surface area contributed by atoms with Gasteiger partial charge in [0.05, 0.1) is 12.1 Å². The second-order valence-corrected chi connectivity index (χ2v) is 8.92. The van der Waals surface area contributed by atoms with E-state index in [4.69, 9.17) is 10.8 Å². The minimum absolute atomic E-state index is 0.00826. The first-order chi connectivity index (χ1) is 12.9. The molecule has 1 aromatic carbocycles. The van der Waals surface area contributed by atoms with Crippen LogP contribution in [0, 0.1) is 13.8 Å². The summed E-state index contributed by atoms with van der Waals surface area (Å²) in [5, 5.41) is 10.5. The van der Waals surface area contributed by atoms with E-state index >= 15 is 0 Å².